The Morgan fingerprint density at radius 2 is 1.81 bits per heavy atom. The molecule has 0 aliphatic carbocycles. The Morgan fingerprint density at radius 1 is 1.09 bits per heavy atom. The van der Waals surface area contributed by atoms with Crippen molar-refractivity contribution in [2.45, 2.75) is 45.8 Å². The van der Waals surface area contributed by atoms with Gasteiger partial charge in [-0.25, -0.2) is 9.78 Å². The number of fused-ring (bicyclic) bond motifs is 1. The normalized spacial score (nSPS) is 18.8. The fraction of sp³-hybridized carbons (Fsp3) is 0.478. The quantitative estimate of drug-likeness (QED) is 0.775. The molecule has 9 nitrogen and oxygen atoms in total. The summed E-state index contributed by atoms with van der Waals surface area (Å²) < 4.78 is 2.07. The number of benzene rings is 1. The van der Waals surface area contributed by atoms with E-state index in [2.05, 4.69) is 28.6 Å². The van der Waals surface area contributed by atoms with E-state index in [0.29, 0.717) is 52.1 Å². The third-order valence-electron chi connectivity index (χ3n) is 6.53. The van der Waals surface area contributed by atoms with Gasteiger partial charge >= 0.3 is 6.03 Å². The Kier molecular flexibility index (Phi) is 6.16. The van der Waals surface area contributed by atoms with Crippen LogP contribution in [0.5, 0.6) is 0 Å². The molecule has 0 radical (unpaired) electrons. The van der Waals surface area contributed by atoms with Crippen LogP contribution in [-0.2, 0) is 29.1 Å². The van der Waals surface area contributed by atoms with E-state index in [0.717, 1.165) is 11.4 Å². The highest BCUT2D eigenvalue weighted by Crippen LogP contribution is 2.25. The van der Waals surface area contributed by atoms with E-state index < -0.39 is 12.1 Å². The molecule has 1 unspecified atom stereocenters. The first-order valence-corrected chi connectivity index (χ1v) is 11.0. The molecule has 1 atom stereocenters. The summed E-state index contributed by atoms with van der Waals surface area (Å²) in [6.07, 6.45) is 2.86. The first kappa shape index (κ1) is 21.9. The number of nitrogens with two attached hydrogens (primary N) is 1. The number of nitrogens with zero attached hydrogens (tertiary/aromatic N) is 5. The number of urea groups is 1. The lowest BCUT2D eigenvalue weighted by atomic mass is 10.0. The molecule has 1 saturated heterocycles. The maximum atomic E-state index is 13.4. The van der Waals surface area contributed by atoms with Crippen molar-refractivity contribution in [2.24, 2.45) is 5.73 Å². The van der Waals surface area contributed by atoms with Crippen LogP contribution in [0.15, 0.2) is 30.6 Å². The van der Waals surface area contributed by atoms with Gasteiger partial charge in [0.2, 0.25) is 11.8 Å². The molecule has 3 heterocycles. The van der Waals surface area contributed by atoms with Gasteiger partial charge in [0.25, 0.3) is 0 Å². The van der Waals surface area contributed by atoms with Crippen LogP contribution in [0.25, 0.3) is 0 Å². The van der Waals surface area contributed by atoms with E-state index >= 15 is 0 Å². The largest absolute Gasteiger partial charge is 0.351 e. The van der Waals surface area contributed by atoms with Gasteiger partial charge in [-0.3, -0.25) is 9.59 Å². The molecule has 1 aromatic heterocycles. The number of imidazole rings is 1. The molecule has 0 saturated carbocycles. The Labute approximate surface area is 187 Å². The minimum atomic E-state index is -0.582. The molecule has 2 N–H and O–H groups in total. The van der Waals surface area contributed by atoms with Crippen LogP contribution in [0.3, 0.4) is 0 Å². The van der Waals surface area contributed by atoms with Crippen molar-refractivity contribution in [3.63, 3.8) is 0 Å². The molecular weight excluding hydrogens is 408 g/mol. The highest BCUT2D eigenvalue weighted by atomic mass is 16.2. The van der Waals surface area contributed by atoms with Crippen molar-refractivity contribution in [1.29, 1.82) is 0 Å². The Hall–Kier alpha value is -3.36. The number of aryl methyl sites for hydroxylation is 1. The van der Waals surface area contributed by atoms with Crippen molar-refractivity contribution in [3.8, 4) is 0 Å². The fourth-order valence-corrected chi connectivity index (χ4v) is 4.59. The number of amides is 4. The third kappa shape index (κ3) is 4.32. The van der Waals surface area contributed by atoms with Crippen molar-refractivity contribution >= 4 is 17.8 Å². The predicted octanol–water partition coefficient (Wildman–Crippen LogP) is 1.13. The van der Waals surface area contributed by atoms with Crippen LogP contribution in [0.1, 0.15) is 35.9 Å². The summed E-state index contributed by atoms with van der Waals surface area (Å²) in [6.45, 7) is 6.51. The monoisotopic (exact) mass is 438 g/mol. The highest BCUT2D eigenvalue weighted by molar-refractivity contribution is 5.87. The molecule has 2 aliphatic rings. The maximum Gasteiger partial charge on any atom is 0.314 e. The molecule has 4 amide bonds. The van der Waals surface area contributed by atoms with Crippen LogP contribution in [0.4, 0.5) is 4.79 Å². The van der Waals surface area contributed by atoms with Crippen molar-refractivity contribution in [3.05, 3.63) is 53.1 Å². The van der Waals surface area contributed by atoms with Crippen LogP contribution < -0.4 is 5.73 Å². The van der Waals surface area contributed by atoms with Crippen molar-refractivity contribution in [1.82, 2.24) is 24.3 Å². The lowest BCUT2D eigenvalue weighted by Gasteiger charge is -2.37. The molecule has 2 aliphatic heterocycles. The second kappa shape index (κ2) is 9.02. The van der Waals surface area contributed by atoms with E-state index in [-0.39, 0.29) is 11.8 Å². The molecule has 32 heavy (non-hydrogen) atoms. The molecular formula is C23H30N6O3. The number of primary amides is 1. The first-order chi connectivity index (χ1) is 15.3. The number of rotatable bonds is 3. The molecule has 0 bridgehead atoms. The highest BCUT2D eigenvalue weighted by Gasteiger charge is 2.38. The summed E-state index contributed by atoms with van der Waals surface area (Å²) in [4.78, 5) is 47.0. The van der Waals surface area contributed by atoms with Gasteiger partial charge in [0.05, 0.1) is 24.3 Å². The van der Waals surface area contributed by atoms with Crippen LogP contribution in [0.2, 0.25) is 0 Å². The zero-order valence-electron chi connectivity index (χ0n) is 18.7. The molecule has 2 aromatic rings. The number of hydrogen-bond acceptors (Lipinski definition) is 4. The summed E-state index contributed by atoms with van der Waals surface area (Å²) in [7, 11) is 0. The van der Waals surface area contributed by atoms with Gasteiger partial charge in [-0.05, 0) is 24.5 Å². The molecule has 0 spiro atoms. The summed E-state index contributed by atoms with van der Waals surface area (Å²) in [6, 6.07) is 7.15. The predicted molar refractivity (Wildman–Crippen MR) is 119 cm³/mol. The Bertz CT molecular complexity index is 1030. The summed E-state index contributed by atoms with van der Waals surface area (Å²) in [5.41, 5.74) is 9.64. The number of carbonyl (C=O) groups excluding carboxylic acids is 3. The molecule has 1 fully saturated rings. The van der Waals surface area contributed by atoms with E-state index in [9.17, 15) is 14.4 Å². The average molecular weight is 439 g/mol. The third-order valence-corrected chi connectivity index (χ3v) is 6.53. The maximum absolute atomic E-state index is 13.4. The standard InChI is InChI=1S/C23H30N6O3/c1-16-6-3-4-7-18(16)13-28-15-25-19-12-20(29(17(2)30)14-21(19)28)22(31)26-8-5-9-27(11-10-26)23(24)32/h3-4,6-7,15,20H,5,8-14H2,1-2H3,(H2,24,32). The topological polar surface area (TPSA) is 105 Å². The minimum absolute atomic E-state index is 0.0920. The lowest BCUT2D eigenvalue weighted by molar-refractivity contribution is -0.146. The van der Waals surface area contributed by atoms with Gasteiger partial charge < -0.3 is 25.0 Å². The van der Waals surface area contributed by atoms with Gasteiger partial charge in [-0.2, -0.15) is 0 Å². The lowest BCUT2D eigenvalue weighted by Crippen LogP contribution is -2.54. The number of carbonyl (C=O) groups is 3. The van der Waals surface area contributed by atoms with Gasteiger partial charge in [-0.15, -0.1) is 0 Å². The SMILES string of the molecule is CC(=O)N1Cc2c(ncn2Cc2ccccc2C)CC1C(=O)N1CCCN(C(N)=O)CC1. The Morgan fingerprint density at radius 3 is 2.53 bits per heavy atom. The summed E-state index contributed by atoms with van der Waals surface area (Å²) in [5, 5.41) is 0. The zero-order chi connectivity index (χ0) is 22.8. The van der Waals surface area contributed by atoms with E-state index in [1.807, 2.05) is 12.1 Å². The number of hydrogen-bond donors (Lipinski definition) is 1. The average Bonchev–Trinajstić information content (AvgIpc) is 2.98. The minimum Gasteiger partial charge on any atom is -0.351 e. The van der Waals surface area contributed by atoms with Gasteiger partial charge in [0.1, 0.15) is 6.04 Å². The van der Waals surface area contributed by atoms with Crippen LogP contribution in [0, 0.1) is 6.92 Å². The first-order valence-electron chi connectivity index (χ1n) is 11.0. The van der Waals surface area contributed by atoms with Gasteiger partial charge in [0, 0.05) is 46.1 Å². The molecule has 9 heteroatoms. The summed E-state index contributed by atoms with van der Waals surface area (Å²) >= 11 is 0. The molecule has 4 rings (SSSR count). The van der Waals surface area contributed by atoms with E-state index in [4.69, 9.17) is 5.73 Å². The second-order valence-corrected chi connectivity index (χ2v) is 8.56. The van der Waals surface area contributed by atoms with E-state index in [1.165, 1.54) is 18.1 Å². The zero-order valence-corrected chi connectivity index (χ0v) is 18.7. The molecule has 1 aromatic carbocycles. The van der Waals surface area contributed by atoms with Gasteiger partial charge in [-0.1, -0.05) is 24.3 Å². The van der Waals surface area contributed by atoms with Crippen LogP contribution in [-0.4, -0.2) is 74.3 Å². The Balaban J connectivity index is 1.54. The fourth-order valence-electron chi connectivity index (χ4n) is 4.59. The van der Waals surface area contributed by atoms with Crippen molar-refractivity contribution < 1.29 is 14.4 Å². The van der Waals surface area contributed by atoms with Crippen LogP contribution >= 0.6 is 0 Å². The smallest absolute Gasteiger partial charge is 0.314 e. The molecule has 170 valence electrons. The van der Waals surface area contributed by atoms with Gasteiger partial charge in [0.15, 0.2) is 0 Å². The summed E-state index contributed by atoms with van der Waals surface area (Å²) in [5.74, 6) is -0.225. The van der Waals surface area contributed by atoms with Crippen molar-refractivity contribution in [2.75, 3.05) is 26.2 Å². The number of aromatic nitrogens is 2. The second-order valence-electron chi connectivity index (χ2n) is 8.56. The van der Waals surface area contributed by atoms with E-state index in [1.54, 1.807) is 21.0 Å².